The van der Waals surface area contributed by atoms with E-state index in [0.717, 1.165) is 0 Å². The van der Waals surface area contributed by atoms with Crippen molar-refractivity contribution in [2.45, 2.75) is 6.18 Å². The minimum atomic E-state index is -5.38. The van der Waals surface area contributed by atoms with Gasteiger partial charge in [-0.3, -0.25) is 0 Å². The lowest BCUT2D eigenvalue weighted by molar-refractivity contribution is -0.199. The molecule has 10 heteroatoms. The number of anilines is 1. The number of hydrogen-bond donors (Lipinski definition) is 1. The number of hydroxylamine groups is 1. The van der Waals surface area contributed by atoms with Gasteiger partial charge in [0, 0.05) is 6.07 Å². The molecule has 2 amide bonds. The third kappa shape index (κ3) is 3.53. The van der Waals surface area contributed by atoms with Crippen LogP contribution in [-0.2, 0) is 9.63 Å². The molecule has 0 bridgehead atoms. The van der Waals surface area contributed by atoms with Crippen LogP contribution in [0.15, 0.2) is 18.2 Å². The predicted molar refractivity (Wildman–Crippen MR) is 50.6 cm³/mol. The maximum atomic E-state index is 12.9. The molecule has 0 radical (unpaired) electrons. The molecule has 0 saturated heterocycles. The van der Waals surface area contributed by atoms with Crippen LogP contribution in [-0.4, -0.2) is 18.2 Å². The van der Waals surface area contributed by atoms with Crippen molar-refractivity contribution in [2.75, 3.05) is 5.06 Å². The number of halogens is 5. The van der Waals surface area contributed by atoms with Crippen molar-refractivity contribution in [3.63, 3.8) is 0 Å². The van der Waals surface area contributed by atoms with E-state index in [1.54, 1.807) is 0 Å². The van der Waals surface area contributed by atoms with Crippen LogP contribution in [0.3, 0.4) is 0 Å². The second-order valence-corrected chi connectivity index (χ2v) is 3.11. The first-order chi connectivity index (χ1) is 8.62. The highest BCUT2D eigenvalue weighted by Gasteiger charge is 2.43. The van der Waals surface area contributed by atoms with Gasteiger partial charge in [-0.05, 0) is 12.1 Å². The Morgan fingerprint density at radius 2 is 1.74 bits per heavy atom. The van der Waals surface area contributed by atoms with E-state index in [0.29, 0.717) is 18.2 Å². The number of carbonyl (C=O) groups is 2. The highest BCUT2D eigenvalue weighted by Crippen LogP contribution is 2.22. The number of rotatable bonds is 1. The molecule has 0 spiro atoms. The van der Waals surface area contributed by atoms with E-state index in [1.165, 1.54) is 0 Å². The first kappa shape index (κ1) is 14.7. The number of carbonyl (C=O) groups excluding carboxylic acids is 2. The molecule has 0 atom stereocenters. The number of urea groups is 1. The van der Waals surface area contributed by atoms with Gasteiger partial charge in [0.05, 0.1) is 5.69 Å². The van der Waals surface area contributed by atoms with E-state index < -0.39 is 35.5 Å². The second-order valence-electron chi connectivity index (χ2n) is 3.11. The fraction of sp³-hybridized carbons (Fsp3) is 0.111. The lowest BCUT2D eigenvalue weighted by atomic mass is 10.3. The van der Waals surface area contributed by atoms with E-state index >= 15 is 0 Å². The van der Waals surface area contributed by atoms with Crippen molar-refractivity contribution < 1.29 is 36.4 Å². The van der Waals surface area contributed by atoms with Crippen LogP contribution in [0.25, 0.3) is 0 Å². The smallest absolute Gasteiger partial charge is 0.349 e. The predicted octanol–water partition coefficient (Wildman–Crippen LogP) is 1.87. The zero-order chi connectivity index (χ0) is 14.8. The summed E-state index contributed by atoms with van der Waals surface area (Å²) in [5.41, 5.74) is 4.00. The Morgan fingerprint density at radius 3 is 2.16 bits per heavy atom. The van der Waals surface area contributed by atoms with Crippen LogP contribution in [0.5, 0.6) is 0 Å². The molecule has 0 unspecified atom stereocenters. The third-order valence-electron chi connectivity index (χ3n) is 1.74. The molecule has 0 saturated carbocycles. The quantitative estimate of drug-likeness (QED) is 0.632. The first-order valence-corrected chi connectivity index (χ1v) is 4.46. The Bertz CT molecular complexity index is 517. The molecule has 0 heterocycles. The van der Waals surface area contributed by atoms with Crippen molar-refractivity contribution in [2.24, 2.45) is 5.73 Å². The van der Waals surface area contributed by atoms with E-state index in [2.05, 4.69) is 10.6 Å². The highest BCUT2D eigenvalue weighted by atomic mass is 19.4. The van der Waals surface area contributed by atoms with Crippen molar-refractivity contribution in [3.8, 4) is 0 Å². The molecule has 0 aromatic heterocycles. The zero-order valence-corrected chi connectivity index (χ0v) is 8.87. The molecule has 1 aromatic carbocycles. The monoisotopic (exact) mass is 284 g/mol. The SMILES string of the molecule is NC(=O)N(OC(=O)C(F)(F)F)c1ccc(F)c(F)c1. The van der Waals surface area contributed by atoms with E-state index in [9.17, 15) is 31.5 Å². The summed E-state index contributed by atoms with van der Waals surface area (Å²) in [6, 6.07) is -0.0675. The largest absolute Gasteiger partial charge is 0.493 e. The number of amides is 2. The van der Waals surface area contributed by atoms with Crippen LogP contribution in [0.1, 0.15) is 0 Å². The maximum Gasteiger partial charge on any atom is 0.493 e. The summed E-state index contributed by atoms with van der Waals surface area (Å²) in [5.74, 6) is -5.52. The fourth-order valence-electron chi connectivity index (χ4n) is 0.971. The lowest BCUT2D eigenvalue weighted by Gasteiger charge is -2.19. The van der Waals surface area contributed by atoms with Crippen molar-refractivity contribution in [1.82, 2.24) is 0 Å². The molecular formula is C9H5F5N2O3. The number of alkyl halides is 3. The molecule has 0 fully saturated rings. The average molecular weight is 284 g/mol. The summed E-state index contributed by atoms with van der Waals surface area (Å²) >= 11 is 0. The number of hydrogen-bond acceptors (Lipinski definition) is 3. The van der Waals surface area contributed by atoms with E-state index in [-0.39, 0.29) is 5.06 Å². The second kappa shape index (κ2) is 5.08. The summed E-state index contributed by atoms with van der Waals surface area (Å²) in [6.07, 6.45) is -5.38. The summed E-state index contributed by atoms with van der Waals surface area (Å²) in [7, 11) is 0. The maximum absolute atomic E-state index is 12.9. The Balaban J connectivity index is 3.05. The van der Waals surface area contributed by atoms with Gasteiger partial charge in [0.2, 0.25) is 0 Å². The third-order valence-corrected chi connectivity index (χ3v) is 1.74. The van der Waals surface area contributed by atoms with Gasteiger partial charge in [0.15, 0.2) is 11.6 Å². The number of nitrogens with zero attached hydrogens (tertiary/aromatic N) is 1. The summed E-state index contributed by atoms with van der Waals surface area (Å²) < 4.78 is 61.3. The minimum absolute atomic E-state index is 0.307. The normalized spacial score (nSPS) is 11.0. The van der Waals surface area contributed by atoms with Gasteiger partial charge in [0.25, 0.3) is 0 Å². The standard InChI is InChI=1S/C9H5F5N2O3/c10-5-2-1-4(3-6(5)11)16(8(15)18)19-7(17)9(12,13)14/h1-3H,(H2,15,18). The minimum Gasteiger partial charge on any atom is -0.349 e. The molecule has 2 N–H and O–H groups in total. The van der Waals surface area contributed by atoms with Gasteiger partial charge in [-0.15, -0.1) is 5.06 Å². The van der Waals surface area contributed by atoms with Gasteiger partial charge in [-0.25, -0.2) is 18.4 Å². The average Bonchev–Trinajstić information content (AvgIpc) is 2.27. The summed E-state index contributed by atoms with van der Waals surface area (Å²) in [5, 5.41) is -0.307. The van der Waals surface area contributed by atoms with Crippen LogP contribution < -0.4 is 10.8 Å². The highest BCUT2D eigenvalue weighted by molar-refractivity contribution is 5.91. The lowest BCUT2D eigenvalue weighted by Crippen LogP contribution is -2.41. The van der Waals surface area contributed by atoms with Crippen molar-refractivity contribution in [1.29, 1.82) is 0 Å². The molecule has 0 aliphatic rings. The molecule has 1 rings (SSSR count). The van der Waals surface area contributed by atoms with Gasteiger partial charge < -0.3 is 10.6 Å². The zero-order valence-electron chi connectivity index (χ0n) is 8.87. The Labute approximate surface area is 102 Å². The fourth-order valence-corrected chi connectivity index (χ4v) is 0.971. The van der Waals surface area contributed by atoms with Gasteiger partial charge in [-0.1, -0.05) is 0 Å². The first-order valence-electron chi connectivity index (χ1n) is 4.46. The van der Waals surface area contributed by atoms with Gasteiger partial charge >= 0.3 is 18.2 Å². The number of benzene rings is 1. The van der Waals surface area contributed by atoms with E-state index in [4.69, 9.17) is 0 Å². The van der Waals surface area contributed by atoms with Gasteiger partial charge in [0.1, 0.15) is 0 Å². The Morgan fingerprint density at radius 1 is 1.16 bits per heavy atom. The molecular weight excluding hydrogens is 279 g/mol. The van der Waals surface area contributed by atoms with E-state index in [1.807, 2.05) is 0 Å². The van der Waals surface area contributed by atoms with Crippen molar-refractivity contribution in [3.05, 3.63) is 29.8 Å². The van der Waals surface area contributed by atoms with Crippen LogP contribution >= 0.6 is 0 Å². The molecule has 19 heavy (non-hydrogen) atoms. The van der Waals surface area contributed by atoms with Crippen LogP contribution in [0.2, 0.25) is 0 Å². The molecule has 0 aliphatic heterocycles. The molecule has 104 valence electrons. The number of primary amides is 1. The topological polar surface area (TPSA) is 72.6 Å². The molecule has 0 aliphatic carbocycles. The Hall–Kier alpha value is -2.39. The summed E-state index contributed by atoms with van der Waals surface area (Å²) in [6.45, 7) is 0. The van der Waals surface area contributed by atoms with Crippen LogP contribution in [0.4, 0.5) is 32.4 Å². The Kier molecular flexibility index (Phi) is 3.92. The number of nitrogens with two attached hydrogens (primary N) is 1. The molecule has 5 nitrogen and oxygen atoms in total. The summed E-state index contributed by atoms with van der Waals surface area (Å²) in [4.78, 5) is 25.0. The molecule has 1 aromatic rings. The van der Waals surface area contributed by atoms with Gasteiger partial charge in [-0.2, -0.15) is 13.2 Å². The van der Waals surface area contributed by atoms with Crippen molar-refractivity contribution >= 4 is 17.7 Å². The van der Waals surface area contributed by atoms with Crippen LogP contribution in [0, 0.1) is 11.6 Å².